The van der Waals surface area contributed by atoms with Crippen molar-refractivity contribution in [1.29, 1.82) is 0 Å². The molecule has 2 heterocycles. The number of aromatic nitrogens is 2. The van der Waals surface area contributed by atoms with Crippen molar-refractivity contribution in [2.75, 3.05) is 32.8 Å². The second kappa shape index (κ2) is 17.9. The van der Waals surface area contributed by atoms with Crippen molar-refractivity contribution < 1.29 is 33.1 Å². The lowest BCUT2D eigenvalue weighted by Crippen LogP contribution is -2.48. The number of carbonyl (C=O) groups is 4. The first-order valence-corrected chi connectivity index (χ1v) is 18.5. The van der Waals surface area contributed by atoms with E-state index >= 15 is 0 Å². The van der Waals surface area contributed by atoms with E-state index in [4.69, 9.17) is 10.7 Å². The summed E-state index contributed by atoms with van der Waals surface area (Å²) in [6, 6.07) is 11.0. The number of aliphatic hydroxyl groups is 1. The van der Waals surface area contributed by atoms with E-state index < -0.39 is 47.6 Å². The zero-order valence-electron chi connectivity index (χ0n) is 31.1. The Hall–Kier alpha value is -4.95. The number of rotatable bonds is 15. The maximum atomic E-state index is 15.0. The molecule has 1 aromatic heterocycles. The molecule has 0 radical (unpaired) electrons. The van der Waals surface area contributed by atoms with E-state index in [0.29, 0.717) is 31.8 Å². The number of nitrogens with zero attached hydrogens (tertiary/aromatic N) is 4. The summed E-state index contributed by atoms with van der Waals surface area (Å²) in [6.07, 6.45) is 8.02. The predicted octanol–water partition coefficient (Wildman–Crippen LogP) is 3.69. The largest absolute Gasteiger partial charge is 0.387 e. The summed E-state index contributed by atoms with van der Waals surface area (Å²) in [5.74, 6) is -2.19. The van der Waals surface area contributed by atoms with Gasteiger partial charge in [-0.15, -0.1) is 0 Å². The summed E-state index contributed by atoms with van der Waals surface area (Å²) in [5, 5.41) is 15.7. The smallest absolute Gasteiger partial charge is 0.248 e. The third-order valence-corrected chi connectivity index (χ3v) is 10.1. The maximum absolute atomic E-state index is 15.0. The Bertz CT molecular complexity index is 1820. The van der Waals surface area contributed by atoms with E-state index in [1.165, 1.54) is 4.90 Å². The number of carbonyl (C=O) groups excluding carboxylic acids is 4. The molecule has 5 N–H and O–H groups in total. The van der Waals surface area contributed by atoms with Crippen molar-refractivity contribution in [3.05, 3.63) is 89.9 Å². The van der Waals surface area contributed by atoms with Gasteiger partial charge in [-0.2, -0.15) is 0 Å². The van der Waals surface area contributed by atoms with Crippen molar-refractivity contribution in [2.45, 2.75) is 77.5 Å². The summed E-state index contributed by atoms with van der Waals surface area (Å²) < 4.78 is 31.1. The molecule has 14 heteroatoms. The van der Waals surface area contributed by atoms with Crippen molar-refractivity contribution in [3.63, 3.8) is 0 Å². The summed E-state index contributed by atoms with van der Waals surface area (Å²) in [6.45, 7) is 6.17. The highest BCUT2D eigenvalue weighted by atomic mass is 19.1. The molecule has 0 unspecified atom stereocenters. The van der Waals surface area contributed by atoms with Crippen LogP contribution in [0.25, 0.3) is 11.3 Å². The van der Waals surface area contributed by atoms with Crippen molar-refractivity contribution >= 4 is 23.6 Å². The summed E-state index contributed by atoms with van der Waals surface area (Å²) in [4.78, 5) is 59.3. The molecule has 3 aromatic rings. The van der Waals surface area contributed by atoms with E-state index in [2.05, 4.69) is 10.6 Å². The molecule has 0 saturated heterocycles. The normalized spacial score (nSPS) is 18.4. The minimum atomic E-state index is -1.02. The van der Waals surface area contributed by atoms with Crippen LogP contribution in [0.2, 0.25) is 0 Å². The third kappa shape index (κ3) is 9.97. The molecule has 5 rings (SSSR count). The first-order valence-electron chi connectivity index (χ1n) is 18.5. The van der Waals surface area contributed by atoms with Gasteiger partial charge in [0.2, 0.25) is 23.6 Å². The highest BCUT2D eigenvalue weighted by molar-refractivity contribution is 5.90. The van der Waals surface area contributed by atoms with E-state index in [1.54, 1.807) is 16.8 Å². The molecule has 2 aliphatic rings. The number of hydrogen-bond donors (Lipinski definition) is 4. The van der Waals surface area contributed by atoms with Crippen molar-refractivity contribution in [3.8, 4) is 11.3 Å². The summed E-state index contributed by atoms with van der Waals surface area (Å²) >= 11 is 0. The maximum Gasteiger partial charge on any atom is 0.248 e. The van der Waals surface area contributed by atoms with Crippen LogP contribution in [-0.4, -0.2) is 93.0 Å². The van der Waals surface area contributed by atoms with Crippen LogP contribution in [-0.2, 0) is 25.7 Å². The van der Waals surface area contributed by atoms with Crippen LogP contribution in [0.15, 0.2) is 66.9 Å². The molecule has 290 valence electrons. The Balaban J connectivity index is 1.23. The van der Waals surface area contributed by atoms with E-state index in [0.717, 1.165) is 36.6 Å². The molecule has 0 spiro atoms. The Labute approximate surface area is 314 Å². The van der Waals surface area contributed by atoms with Crippen LogP contribution in [0.3, 0.4) is 0 Å². The van der Waals surface area contributed by atoms with Crippen LogP contribution in [0.1, 0.15) is 70.3 Å². The molecule has 2 aromatic carbocycles. The highest BCUT2D eigenvalue weighted by Gasteiger charge is 2.39. The third-order valence-electron chi connectivity index (χ3n) is 10.1. The van der Waals surface area contributed by atoms with Gasteiger partial charge in [-0.3, -0.25) is 19.2 Å². The zero-order chi connectivity index (χ0) is 39.0. The molecule has 1 fully saturated rings. The number of hydrogen-bond acceptors (Lipinski definition) is 7. The summed E-state index contributed by atoms with van der Waals surface area (Å²) in [5.41, 5.74) is 6.66. The van der Waals surface area contributed by atoms with Gasteiger partial charge in [0.1, 0.15) is 24.1 Å². The van der Waals surface area contributed by atoms with Gasteiger partial charge < -0.3 is 35.8 Å². The fraction of sp³-hybridized carbons (Fsp3) is 0.475. The first kappa shape index (κ1) is 40.2. The zero-order valence-corrected chi connectivity index (χ0v) is 31.1. The van der Waals surface area contributed by atoms with Crippen molar-refractivity contribution in [2.24, 2.45) is 17.1 Å². The van der Waals surface area contributed by atoms with Crippen LogP contribution < -0.4 is 16.4 Å². The van der Waals surface area contributed by atoms with Gasteiger partial charge >= 0.3 is 0 Å². The Morgan fingerprint density at radius 3 is 2.39 bits per heavy atom. The lowest BCUT2D eigenvalue weighted by atomic mass is 9.84. The lowest BCUT2D eigenvalue weighted by Gasteiger charge is -2.40. The number of nitrogens with one attached hydrogen (secondary N) is 2. The average Bonchev–Trinajstić information content (AvgIpc) is 3.77. The van der Waals surface area contributed by atoms with E-state index in [1.807, 2.05) is 62.1 Å². The molecule has 1 aliphatic carbocycles. The standard InChI is InChI=1S/C40H51F2N7O5/c1-40(2,3)36(37-46-33(30-22-28(41)13-16-31(30)42)24-47(37)23-26-8-5-4-6-9-26)49(35(52)25-50)21-17-32(43)39(54)45-19-18-44-38(53)27-11-14-29(15-12-27)48-20-7-10-34(48)51/h4-10,13,16,22,24,27,29,32,36,50H,11-12,14-15,17-21,23,25,43H2,1-3H3,(H,44,53)(H,45,54)/t27?,29?,32-,36-/m0/s1. The second-order valence-electron chi connectivity index (χ2n) is 15.1. The Morgan fingerprint density at radius 2 is 1.74 bits per heavy atom. The van der Waals surface area contributed by atoms with Gasteiger partial charge in [-0.1, -0.05) is 57.2 Å². The molecular formula is C40H51F2N7O5. The predicted molar refractivity (Wildman–Crippen MR) is 199 cm³/mol. The molecule has 2 atom stereocenters. The molecule has 1 saturated carbocycles. The van der Waals surface area contributed by atoms with Gasteiger partial charge in [-0.25, -0.2) is 13.8 Å². The molecule has 4 amide bonds. The molecule has 1 aliphatic heterocycles. The SMILES string of the molecule is CC(C)(C)[C@H](c1nc(-c2cc(F)ccc2F)cn1Cc1ccccc1)N(CC[C@H](N)C(=O)NCCNC(=O)C1CCC(N2CC=CC2=O)CC1)C(=O)CO. The summed E-state index contributed by atoms with van der Waals surface area (Å²) in [7, 11) is 0. The van der Waals surface area contributed by atoms with Gasteiger partial charge in [-0.05, 0) is 61.3 Å². The van der Waals surface area contributed by atoms with Crippen LogP contribution in [0, 0.1) is 23.0 Å². The van der Waals surface area contributed by atoms with Gasteiger partial charge in [0, 0.05) is 62.5 Å². The monoisotopic (exact) mass is 747 g/mol. The number of nitrogens with two attached hydrogens (primary N) is 1. The van der Waals surface area contributed by atoms with Crippen LogP contribution in [0.5, 0.6) is 0 Å². The topological polar surface area (TPSA) is 163 Å². The number of aliphatic hydroxyl groups excluding tert-OH is 1. The minimum absolute atomic E-state index is 0.0176. The highest BCUT2D eigenvalue weighted by Crippen LogP contribution is 2.39. The fourth-order valence-corrected chi connectivity index (χ4v) is 7.35. The molecule has 12 nitrogen and oxygen atoms in total. The number of amides is 4. The lowest BCUT2D eigenvalue weighted by molar-refractivity contribution is -0.140. The minimum Gasteiger partial charge on any atom is -0.387 e. The molecule has 0 bridgehead atoms. The number of benzene rings is 2. The van der Waals surface area contributed by atoms with E-state index in [9.17, 15) is 33.1 Å². The van der Waals surface area contributed by atoms with Gasteiger partial charge in [0.05, 0.1) is 17.8 Å². The average molecular weight is 748 g/mol. The fourth-order valence-electron chi connectivity index (χ4n) is 7.35. The first-order chi connectivity index (χ1) is 25.8. The van der Waals surface area contributed by atoms with Crippen LogP contribution in [0.4, 0.5) is 8.78 Å². The quantitative estimate of drug-likeness (QED) is 0.173. The van der Waals surface area contributed by atoms with Crippen molar-refractivity contribution in [1.82, 2.24) is 30.0 Å². The Morgan fingerprint density at radius 1 is 1.04 bits per heavy atom. The van der Waals surface area contributed by atoms with Gasteiger partial charge in [0.25, 0.3) is 0 Å². The van der Waals surface area contributed by atoms with Crippen LogP contribution >= 0.6 is 0 Å². The van der Waals surface area contributed by atoms with Gasteiger partial charge in [0.15, 0.2) is 0 Å². The molecular weight excluding hydrogens is 696 g/mol. The molecule has 54 heavy (non-hydrogen) atoms. The number of halogens is 2. The van der Waals surface area contributed by atoms with E-state index in [-0.39, 0.29) is 61.1 Å². The number of imidazole rings is 1. The Kier molecular flexibility index (Phi) is 13.4. The second-order valence-corrected chi connectivity index (χ2v) is 15.1.